The molecule has 0 unspecified atom stereocenters. The number of aliphatic hydroxyl groups excluding tert-OH is 1. The lowest BCUT2D eigenvalue weighted by Gasteiger charge is -2.02. The first-order chi connectivity index (χ1) is 4.22. The highest BCUT2D eigenvalue weighted by atomic mass is 16.5. The molecule has 0 fully saturated rings. The molecule has 0 rings (SSSR count). The number of aliphatic hydroxyl groups is 1. The first kappa shape index (κ1) is 8.39. The van der Waals surface area contributed by atoms with Crippen molar-refractivity contribution in [1.29, 1.82) is 0 Å². The lowest BCUT2D eigenvalue weighted by atomic mass is 10.3. The zero-order valence-electron chi connectivity index (χ0n) is 5.46. The number of hydrogen-bond donors (Lipinski definition) is 2. The molecule has 0 amide bonds. The van der Waals surface area contributed by atoms with E-state index in [9.17, 15) is 4.79 Å². The molecule has 1 atom stereocenters. The number of carbonyl (C=O) groups is 1. The minimum atomic E-state index is -0.634. The van der Waals surface area contributed by atoms with Crippen molar-refractivity contribution in [2.45, 2.75) is 13.0 Å². The zero-order chi connectivity index (χ0) is 7.28. The quantitative estimate of drug-likeness (QED) is 0.445. The Labute approximate surface area is 53.6 Å². The fraction of sp³-hybridized carbons (Fsp3) is 0.800. The molecule has 0 aromatic carbocycles. The Kier molecular flexibility index (Phi) is 4.00. The maximum Gasteiger partial charge on any atom is 0.367 e. The van der Waals surface area contributed by atoms with E-state index in [1.54, 1.807) is 6.92 Å². The van der Waals surface area contributed by atoms with Crippen molar-refractivity contribution < 1.29 is 20.4 Å². The Morgan fingerprint density at radius 2 is 2.44 bits per heavy atom. The highest BCUT2D eigenvalue weighted by Gasteiger charge is 2.15. The van der Waals surface area contributed by atoms with Gasteiger partial charge in [-0.05, 0) is 6.92 Å². The van der Waals surface area contributed by atoms with E-state index >= 15 is 0 Å². The molecule has 4 N–H and O–H groups in total. The molecule has 0 saturated carbocycles. The van der Waals surface area contributed by atoms with Crippen LogP contribution in [-0.2, 0) is 9.53 Å². The molecular weight excluding hydrogens is 122 g/mol. The van der Waals surface area contributed by atoms with E-state index in [4.69, 9.17) is 5.11 Å². The number of hydrogen-bond acceptors (Lipinski definition) is 3. The number of ether oxygens (including phenoxy) is 1. The van der Waals surface area contributed by atoms with Gasteiger partial charge in [-0.25, -0.2) is 4.79 Å². The first-order valence-electron chi connectivity index (χ1n) is 2.83. The summed E-state index contributed by atoms with van der Waals surface area (Å²) < 4.78 is 4.53. The molecule has 0 heterocycles. The van der Waals surface area contributed by atoms with Gasteiger partial charge in [0.05, 0.1) is 6.61 Å². The molecule has 0 spiro atoms. The molecule has 0 aliphatic heterocycles. The molecule has 4 heteroatoms. The highest BCUT2D eigenvalue weighted by molar-refractivity contribution is 5.73. The van der Waals surface area contributed by atoms with Gasteiger partial charge in [-0.15, -0.1) is 0 Å². The summed E-state index contributed by atoms with van der Waals surface area (Å²) in [6.45, 7) is 1.80. The van der Waals surface area contributed by atoms with Crippen molar-refractivity contribution in [3.63, 3.8) is 0 Å². The lowest BCUT2D eigenvalue weighted by Crippen LogP contribution is -2.67. The summed E-state index contributed by atoms with van der Waals surface area (Å²) in [5, 5.41) is 8.37. The van der Waals surface area contributed by atoms with Crippen LogP contribution in [0.1, 0.15) is 6.92 Å². The normalized spacial score (nSPS) is 12.8. The van der Waals surface area contributed by atoms with Crippen molar-refractivity contribution in [3.8, 4) is 0 Å². The highest BCUT2D eigenvalue weighted by Crippen LogP contribution is 1.80. The molecule has 4 nitrogen and oxygen atoms in total. The monoisotopic (exact) mass is 134 g/mol. The summed E-state index contributed by atoms with van der Waals surface area (Å²) in [5.74, 6) is -0.444. The second kappa shape index (κ2) is 4.29. The van der Waals surface area contributed by atoms with E-state index in [1.165, 1.54) is 0 Å². The molecule has 0 bridgehead atoms. The topological polar surface area (TPSA) is 74.2 Å². The molecule has 0 aromatic heterocycles. The van der Waals surface area contributed by atoms with Gasteiger partial charge in [-0.2, -0.15) is 0 Å². The molecule has 0 saturated heterocycles. The summed E-state index contributed by atoms with van der Waals surface area (Å²) in [4.78, 5) is 10.5. The Bertz CT molecular complexity index is 94.2. The third-order valence-corrected chi connectivity index (χ3v) is 0.840. The van der Waals surface area contributed by atoms with Crippen molar-refractivity contribution in [2.24, 2.45) is 0 Å². The summed E-state index contributed by atoms with van der Waals surface area (Å²) in [7, 11) is 0. The van der Waals surface area contributed by atoms with Crippen LogP contribution in [0.5, 0.6) is 0 Å². The third-order valence-electron chi connectivity index (χ3n) is 0.840. The smallest absolute Gasteiger partial charge is 0.367 e. The van der Waals surface area contributed by atoms with Crippen LogP contribution in [0.4, 0.5) is 0 Å². The number of esters is 1. The standard InChI is InChI=1S/C5H11NO3/c1-2-9-5(8)4(6)3-7/h4,7H,2-3,6H2,1H3/p+1/t4-/m1/s1. The van der Waals surface area contributed by atoms with Gasteiger partial charge in [0.15, 0.2) is 0 Å². The van der Waals surface area contributed by atoms with Gasteiger partial charge in [0, 0.05) is 0 Å². The predicted octanol–water partition coefficient (Wildman–Crippen LogP) is -1.85. The molecular formula is C5H12NO3+. The van der Waals surface area contributed by atoms with E-state index in [0.29, 0.717) is 6.61 Å². The van der Waals surface area contributed by atoms with Gasteiger partial charge in [-0.1, -0.05) is 0 Å². The fourth-order valence-electron chi connectivity index (χ4n) is 0.335. The number of rotatable bonds is 3. The van der Waals surface area contributed by atoms with E-state index in [0.717, 1.165) is 0 Å². The van der Waals surface area contributed by atoms with Crippen molar-refractivity contribution in [2.75, 3.05) is 13.2 Å². The van der Waals surface area contributed by atoms with Crippen LogP contribution in [0, 0.1) is 0 Å². The van der Waals surface area contributed by atoms with E-state index in [-0.39, 0.29) is 6.61 Å². The van der Waals surface area contributed by atoms with Crippen LogP contribution in [0.25, 0.3) is 0 Å². The summed E-state index contributed by atoms with van der Waals surface area (Å²) in [6.07, 6.45) is 0. The van der Waals surface area contributed by atoms with Crippen molar-refractivity contribution in [1.82, 2.24) is 0 Å². The Balaban J connectivity index is 3.46. The summed E-state index contributed by atoms with van der Waals surface area (Å²) in [5.41, 5.74) is 3.35. The maximum absolute atomic E-state index is 10.5. The molecule has 0 aromatic rings. The van der Waals surface area contributed by atoms with Crippen LogP contribution >= 0.6 is 0 Å². The van der Waals surface area contributed by atoms with E-state index in [2.05, 4.69) is 10.5 Å². The Morgan fingerprint density at radius 3 is 2.78 bits per heavy atom. The van der Waals surface area contributed by atoms with Gasteiger partial charge in [0.1, 0.15) is 6.61 Å². The summed E-state index contributed by atoms with van der Waals surface area (Å²) in [6, 6.07) is -0.634. The average molecular weight is 134 g/mol. The second-order valence-electron chi connectivity index (χ2n) is 1.63. The SMILES string of the molecule is CCOC(=O)[C@H]([NH3+])CO. The molecule has 54 valence electrons. The minimum absolute atomic E-state index is 0.251. The van der Waals surface area contributed by atoms with Crippen LogP contribution in [0.2, 0.25) is 0 Å². The number of carbonyl (C=O) groups excluding carboxylic acids is 1. The lowest BCUT2D eigenvalue weighted by molar-refractivity contribution is -0.413. The van der Waals surface area contributed by atoms with Crippen molar-refractivity contribution >= 4 is 5.97 Å². The van der Waals surface area contributed by atoms with Gasteiger partial charge >= 0.3 is 5.97 Å². The average Bonchev–Trinajstić information content (AvgIpc) is 1.87. The number of quaternary nitrogens is 1. The molecule has 9 heavy (non-hydrogen) atoms. The first-order valence-corrected chi connectivity index (χ1v) is 2.83. The van der Waals surface area contributed by atoms with Crippen LogP contribution in [-0.4, -0.2) is 30.3 Å². The fourth-order valence-corrected chi connectivity index (χ4v) is 0.335. The van der Waals surface area contributed by atoms with Gasteiger partial charge in [0.2, 0.25) is 6.04 Å². The van der Waals surface area contributed by atoms with Crippen LogP contribution < -0.4 is 5.73 Å². The largest absolute Gasteiger partial charge is 0.462 e. The van der Waals surface area contributed by atoms with Gasteiger partial charge in [-0.3, -0.25) is 0 Å². The third kappa shape index (κ3) is 3.05. The van der Waals surface area contributed by atoms with E-state index in [1.807, 2.05) is 0 Å². The summed E-state index contributed by atoms with van der Waals surface area (Å²) >= 11 is 0. The van der Waals surface area contributed by atoms with Crippen molar-refractivity contribution in [3.05, 3.63) is 0 Å². The van der Waals surface area contributed by atoms with Gasteiger partial charge < -0.3 is 15.6 Å². The Hall–Kier alpha value is -0.610. The maximum atomic E-state index is 10.5. The predicted molar refractivity (Wildman–Crippen MR) is 30.4 cm³/mol. The molecule has 0 aliphatic rings. The minimum Gasteiger partial charge on any atom is -0.462 e. The Morgan fingerprint density at radius 1 is 1.89 bits per heavy atom. The van der Waals surface area contributed by atoms with Crippen LogP contribution in [0.15, 0.2) is 0 Å². The molecule has 0 radical (unpaired) electrons. The second-order valence-corrected chi connectivity index (χ2v) is 1.63. The van der Waals surface area contributed by atoms with Gasteiger partial charge in [0.25, 0.3) is 0 Å². The molecule has 0 aliphatic carbocycles. The van der Waals surface area contributed by atoms with Crippen LogP contribution in [0.3, 0.4) is 0 Å². The van der Waals surface area contributed by atoms with E-state index < -0.39 is 12.0 Å². The zero-order valence-corrected chi connectivity index (χ0v) is 5.46.